The van der Waals surface area contributed by atoms with Gasteiger partial charge in [-0.25, -0.2) is 0 Å². The fraction of sp³-hybridized carbons (Fsp3) is 0.941. The number of unbranched alkanes of at least 4 members (excludes halogenated alkanes) is 9. The summed E-state index contributed by atoms with van der Waals surface area (Å²) in [4.78, 5) is 11.6. The Morgan fingerprint density at radius 2 is 1.52 bits per heavy atom. The predicted molar refractivity (Wildman–Crippen MR) is 91.8 cm³/mol. The summed E-state index contributed by atoms with van der Waals surface area (Å²) >= 11 is 0.592. The minimum atomic E-state index is -0.407. The molecular weight excluding hydrogens is 329 g/mol. The van der Waals surface area contributed by atoms with E-state index in [0.29, 0.717) is 21.6 Å². The number of esters is 1. The van der Waals surface area contributed by atoms with E-state index in [2.05, 4.69) is 12.7 Å². The van der Waals surface area contributed by atoms with Gasteiger partial charge in [0.05, 0.1) is 0 Å². The summed E-state index contributed by atoms with van der Waals surface area (Å²) in [5, 5.41) is 1.06. The molecule has 0 aromatic rings. The molecule has 0 unspecified atom stereocenters. The van der Waals surface area contributed by atoms with E-state index in [1.54, 1.807) is 0 Å². The zero-order valence-corrected chi connectivity index (χ0v) is 15.8. The van der Waals surface area contributed by atoms with Gasteiger partial charge in [-0.05, 0) is 0 Å². The van der Waals surface area contributed by atoms with Crippen LogP contribution in [0.25, 0.3) is 0 Å². The topological polar surface area (TPSA) is 52.3 Å². The van der Waals surface area contributed by atoms with Gasteiger partial charge in [0.15, 0.2) is 0 Å². The Bertz CT molecular complexity index is 237. The van der Waals surface area contributed by atoms with Crippen molar-refractivity contribution in [2.45, 2.75) is 94.7 Å². The van der Waals surface area contributed by atoms with Gasteiger partial charge in [0.2, 0.25) is 0 Å². The van der Waals surface area contributed by atoms with E-state index in [9.17, 15) is 4.79 Å². The molecule has 4 heteroatoms. The fourth-order valence-corrected chi connectivity index (χ4v) is 3.26. The van der Waals surface area contributed by atoms with Gasteiger partial charge in [0.1, 0.15) is 0 Å². The van der Waals surface area contributed by atoms with Crippen LogP contribution in [-0.2, 0) is 9.53 Å². The zero-order chi connectivity index (χ0) is 15.8. The van der Waals surface area contributed by atoms with Gasteiger partial charge in [-0.2, -0.15) is 0 Å². The maximum absolute atomic E-state index is 11.6. The number of hydrogen-bond donors (Lipinski definition) is 1. The van der Waals surface area contributed by atoms with Crippen molar-refractivity contribution in [1.82, 2.24) is 0 Å². The molecule has 0 radical (unpaired) electrons. The normalized spacial score (nSPS) is 12.3. The molecule has 0 saturated heterocycles. The van der Waals surface area contributed by atoms with Gasteiger partial charge in [0.25, 0.3) is 0 Å². The van der Waals surface area contributed by atoms with E-state index in [-0.39, 0.29) is 5.97 Å². The number of carbonyl (C=O) groups excluding carboxylic acids is 1. The average molecular weight is 364 g/mol. The molecule has 0 aromatic carbocycles. The van der Waals surface area contributed by atoms with Crippen LogP contribution in [0, 0.1) is 0 Å². The second kappa shape index (κ2) is 16.3. The van der Waals surface area contributed by atoms with Crippen LogP contribution in [0.2, 0.25) is 11.1 Å². The fourth-order valence-electron chi connectivity index (χ4n) is 2.23. The summed E-state index contributed by atoms with van der Waals surface area (Å²) in [5.41, 5.74) is 5.77. The van der Waals surface area contributed by atoms with Crippen molar-refractivity contribution in [3.8, 4) is 0 Å². The molecule has 126 valence electrons. The molecule has 0 rings (SSSR count). The van der Waals surface area contributed by atoms with Crippen LogP contribution in [0.3, 0.4) is 0 Å². The Morgan fingerprint density at radius 3 is 2.05 bits per heavy atom. The Labute approximate surface area is 137 Å². The minimum absolute atomic E-state index is 0.213. The van der Waals surface area contributed by atoms with Gasteiger partial charge in [-0.15, -0.1) is 0 Å². The molecule has 0 bridgehead atoms. The average Bonchev–Trinajstić information content (AvgIpc) is 2.49. The number of ether oxygens (including phenoxy) is 1. The number of hydrogen-bond acceptors (Lipinski definition) is 3. The molecule has 0 aromatic heterocycles. The Morgan fingerprint density at radius 1 is 1.00 bits per heavy atom. The van der Waals surface area contributed by atoms with Crippen LogP contribution in [0.1, 0.15) is 77.6 Å². The summed E-state index contributed by atoms with van der Waals surface area (Å²) in [6.45, 7) is 2.80. The zero-order valence-electron chi connectivity index (χ0n) is 14.1. The Balaban J connectivity index is 3.23. The van der Waals surface area contributed by atoms with E-state index in [1.165, 1.54) is 51.4 Å². The van der Waals surface area contributed by atoms with Crippen LogP contribution in [-0.4, -0.2) is 33.6 Å². The molecule has 1 atom stereocenters. The molecule has 21 heavy (non-hydrogen) atoms. The first-order valence-corrected chi connectivity index (χ1v) is 11.6. The van der Waals surface area contributed by atoms with Crippen molar-refractivity contribution < 1.29 is 9.53 Å². The SMILES string of the molecule is CCCCCCCCCCCCOC(=O)[C@@H](N)CC[Se]C. The van der Waals surface area contributed by atoms with E-state index in [4.69, 9.17) is 10.5 Å². The number of carbonyl (C=O) groups is 1. The van der Waals surface area contributed by atoms with Gasteiger partial charge >= 0.3 is 105 Å². The standard InChI is InChI=1S/C17H35NO2Se/c1-3-4-5-6-7-8-9-10-11-12-14-20-17(19)16(18)13-15-21-2/h16H,3-15,18H2,1-2H3/t16-/m0/s1. The molecule has 0 aliphatic carbocycles. The third kappa shape index (κ3) is 14.6. The molecular formula is C17H35NO2Se. The monoisotopic (exact) mass is 365 g/mol. The van der Waals surface area contributed by atoms with E-state index in [1.807, 2.05) is 0 Å². The van der Waals surface area contributed by atoms with Crippen molar-refractivity contribution in [2.24, 2.45) is 5.73 Å². The number of rotatable bonds is 15. The van der Waals surface area contributed by atoms with Gasteiger partial charge in [-0.1, -0.05) is 32.6 Å². The molecule has 0 fully saturated rings. The molecule has 0 aliphatic heterocycles. The Hall–Kier alpha value is -0.0505. The molecule has 0 amide bonds. The van der Waals surface area contributed by atoms with Crippen molar-refractivity contribution in [3.63, 3.8) is 0 Å². The molecule has 3 nitrogen and oxygen atoms in total. The summed E-state index contributed by atoms with van der Waals surface area (Å²) in [5.74, 6) is 1.95. The molecule has 0 saturated carbocycles. The summed E-state index contributed by atoms with van der Waals surface area (Å²) < 4.78 is 5.22. The van der Waals surface area contributed by atoms with Crippen LogP contribution >= 0.6 is 0 Å². The quantitative estimate of drug-likeness (QED) is 0.267. The first-order valence-electron chi connectivity index (χ1n) is 8.63. The summed E-state index contributed by atoms with van der Waals surface area (Å²) in [6.07, 6.45) is 13.7. The van der Waals surface area contributed by atoms with Gasteiger partial charge < -0.3 is 0 Å². The van der Waals surface area contributed by atoms with Crippen molar-refractivity contribution in [1.29, 1.82) is 0 Å². The molecule has 0 spiro atoms. The summed E-state index contributed by atoms with van der Waals surface area (Å²) in [7, 11) is 0. The van der Waals surface area contributed by atoms with E-state index in [0.717, 1.165) is 24.6 Å². The predicted octanol–water partition coefficient (Wildman–Crippen LogP) is 4.34. The van der Waals surface area contributed by atoms with Crippen LogP contribution in [0.5, 0.6) is 0 Å². The van der Waals surface area contributed by atoms with Gasteiger partial charge in [0, 0.05) is 0 Å². The Kier molecular flexibility index (Phi) is 16.3. The first-order chi connectivity index (χ1) is 10.2. The number of nitrogens with two attached hydrogens (primary N) is 1. The summed E-state index contributed by atoms with van der Waals surface area (Å²) in [6, 6.07) is -0.407. The molecule has 0 heterocycles. The van der Waals surface area contributed by atoms with E-state index >= 15 is 0 Å². The van der Waals surface area contributed by atoms with Crippen molar-refractivity contribution >= 4 is 20.9 Å². The molecule has 2 N–H and O–H groups in total. The first kappa shape index (κ1) is 20.9. The van der Waals surface area contributed by atoms with Crippen molar-refractivity contribution in [2.75, 3.05) is 6.61 Å². The third-order valence-electron chi connectivity index (χ3n) is 3.68. The second-order valence-corrected chi connectivity index (χ2v) is 7.81. The van der Waals surface area contributed by atoms with Crippen LogP contribution in [0.15, 0.2) is 0 Å². The third-order valence-corrected chi connectivity index (χ3v) is 5.03. The van der Waals surface area contributed by atoms with E-state index < -0.39 is 6.04 Å². The van der Waals surface area contributed by atoms with Gasteiger partial charge in [-0.3, -0.25) is 0 Å². The van der Waals surface area contributed by atoms with Crippen LogP contribution in [0.4, 0.5) is 0 Å². The molecule has 0 aliphatic rings. The maximum atomic E-state index is 11.6. The second-order valence-electron chi connectivity index (χ2n) is 5.74. The van der Waals surface area contributed by atoms with Crippen LogP contribution < -0.4 is 5.73 Å². The van der Waals surface area contributed by atoms with Crippen molar-refractivity contribution in [3.05, 3.63) is 0 Å².